The van der Waals surface area contributed by atoms with E-state index in [2.05, 4.69) is 5.32 Å². The Labute approximate surface area is 148 Å². The summed E-state index contributed by atoms with van der Waals surface area (Å²) >= 11 is 0. The number of carbonyl (C=O) groups is 1. The van der Waals surface area contributed by atoms with Gasteiger partial charge in [0.25, 0.3) is 0 Å². The van der Waals surface area contributed by atoms with E-state index in [1.54, 1.807) is 0 Å². The van der Waals surface area contributed by atoms with E-state index < -0.39 is 80.5 Å². The monoisotopic (exact) mass is 383 g/mol. The maximum absolute atomic E-state index is 11.4. The van der Waals surface area contributed by atoms with Crippen LogP contribution in [0.2, 0.25) is 0 Å². The van der Waals surface area contributed by atoms with Crippen molar-refractivity contribution in [2.75, 3.05) is 13.2 Å². The number of amides is 1. The van der Waals surface area contributed by atoms with Crippen LogP contribution in [-0.4, -0.2) is 116 Å². The highest BCUT2D eigenvalue weighted by atomic mass is 16.7. The zero-order chi connectivity index (χ0) is 19.6. The summed E-state index contributed by atoms with van der Waals surface area (Å²) in [6.45, 7) is -0.195. The number of hydrogen-bond acceptors (Lipinski definition) is 11. The van der Waals surface area contributed by atoms with Crippen LogP contribution in [0.1, 0.15) is 6.92 Å². The van der Waals surface area contributed by atoms with Gasteiger partial charge in [0.2, 0.25) is 5.91 Å². The molecule has 10 atom stereocenters. The highest BCUT2D eigenvalue weighted by Gasteiger charge is 2.50. The molecule has 2 heterocycles. The SMILES string of the molecule is CC(=O)N[C@@H]1C(O)OC(CO)[C@@H](O)C1O[C@@H]1OC(CO)[C@H](O)C(O)[C@@H]1O. The highest BCUT2D eigenvalue weighted by molar-refractivity contribution is 5.73. The second-order valence-corrected chi connectivity index (χ2v) is 6.26. The number of nitrogens with one attached hydrogen (secondary N) is 1. The summed E-state index contributed by atoms with van der Waals surface area (Å²) in [5.74, 6) is -0.574. The fourth-order valence-electron chi connectivity index (χ4n) is 2.97. The minimum atomic E-state index is -1.74. The van der Waals surface area contributed by atoms with Crippen molar-refractivity contribution in [3.05, 3.63) is 0 Å². The molecule has 1 amide bonds. The van der Waals surface area contributed by atoms with Crippen LogP contribution >= 0.6 is 0 Å². The minimum Gasteiger partial charge on any atom is -0.394 e. The van der Waals surface area contributed by atoms with Crippen molar-refractivity contribution in [3.8, 4) is 0 Å². The molecule has 0 aromatic heterocycles. The van der Waals surface area contributed by atoms with E-state index in [0.29, 0.717) is 0 Å². The highest BCUT2D eigenvalue weighted by Crippen LogP contribution is 2.28. The maximum Gasteiger partial charge on any atom is 0.217 e. The maximum atomic E-state index is 11.4. The van der Waals surface area contributed by atoms with Gasteiger partial charge in [-0.05, 0) is 0 Å². The molecule has 0 saturated carbocycles. The van der Waals surface area contributed by atoms with Gasteiger partial charge in [-0.25, -0.2) is 0 Å². The van der Waals surface area contributed by atoms with Crippen LogP contribution in [0.25, 0.3) is 0 Å². The second-order valence-electron chi connectivity index (χ2n) is 6.26. The first-order valence-electron chi connectivity index (χ1n) is 8.06. The van der Waals surface area contributed by atoms with Crippen molar-refractivity contribution in [3.63, 3.8) is 0 Å². The second kappa shape index (κ2) is 8.84. The predicted molar refractivity (Wildman–Crippen MR) is 80.2 cm³/mol. The zero-order valence-corrected chi connectivity index (χ0v) is 14.0. The molecule has 12 nitrogen and oxygen atoms in total. The van der Waals surface area contributed by atoms with E-state index >= 15 is 0 Å². The molecule has 5 unspecified atom stereocenters. The van der Waals surface area contributed by atoms with Crippen LogP contribution in [0.15, 0.2) is 0 Å². The van der Waals surface area contributed by atoms with Crippen molar-refractivity contribution in [1.29, 1.82) is 0 Å². The topological polar surface area (TPSA) is 198 Å². The number of rotatable bonds is 5. The predicted octanol–water partition coefficient (Wildman–Crippen LogP) is -5.25. The lowest BCUT2D eigenvalue weighted by atomic mass is 9.95. The molecule has 0 spiro atoms. The van der Waals surface area contributed by atoms with E-state index in [9.17, 15) is 40.5 Å². The van der Waals surface area contributed by atoms with Crippen molar-refractivity contribution in [2.24, 2.45) is 0 Å². The van der Waals surface area contributed by atoms with E-state index in [0.717, 1.165) is 6.92 Å². The largest absolute Gasteiger partial charge is 0.394 e. The smallest absolute Gasteiger partial charge is 0.217 e. The third-order valence-corrected chi connectivity index (χ3v) is 4.38. The number of aliphatic hydroxyl groups excluding tert-OH is 7. The Morgan fingerprint density at radius 2 is 1.50 bits per heavy atom. The van der Waals surface area contributed by atoms with Gasteiger partial charge >= 0.3 is 0 Å². The zero-order valence-electron chi connectivity index (χ0n) is 14.0. The summed E-state index contributed by atoms with van der Waals surface area (Å²) in [5.41, 5.74) is 0. The normalized spacial score (nSPS) is 46.8. The molecule has 2 fully saturated rings. The lowest BCUT2D eigenvalue weighted by Gasteiger charge is -2.46. The Morgan fingerprint density at radius 1 is 0.923 bits per heavy atom. The molecule has 8 N–H and O–H groups in total. The van der Waals surface area contributed by atoms with Gasteiger partial charge in [0.05, 0.1) is 13.2 Å². The molecule has 2 rings (SSSR count). The Bertz CT molecular complexity index is 478. The molecule has 0 aromatic carbocycles. The first-order chi connectivity index (χ1) is 12.2. The molecule has 2 aliphatic heterocycles. The molecular weight excluding hydrogens is 358 g/mol. The van der Waals surface area contributed by atoms with Gasteiger partial charge in [-0.3, -0.25) is 4.79 Å². The van der Waals surface area contributed by atoms with Crippen LogP contribution in [-0.2, 0) is 19.0 Å². The summed E-state index contributed by atoms with van der Waals surface area (Å²) in [4.78, 5) is 11.4. The van der Waals surface area contributed by atoms with Crippen molar-refractivity contribution >= 4 is 5.91 Å². The van der Waals surface area contributed by atoms with Gasteiger partial charge in [0.15, 0.2) is 12.6 Å². The lowest BCUT2D eigenvalue weighted by molar-refractivity contribution is -0.341. The summed E-state index contributed by atoms with van der Waals surface area (Å²) in [6, 6.07) is -1.28. The van der Waals surface area contributed by atoms with Crippen LogP contribution in [0.3, 0.4) is 0 Å². The number of carbonyl (C=O) groups excluding carboxylic acids is 1. The third kappa shape index (κ3) is 4.31. The fourth-order valence-corrected chi connectivity index (χ4v) is 2.97. The average molecular weight is 383 g/mol. The van der Waals surface area contributed by atoms with Gasteiger partial charge in [-0.15, -0.1) is 0 Å². The molecule has 26 heavy (non-hydrogen) atoms. The quantitative estimate of drug-likeness (QED) is 0.226. The Balaban J connectivity index is 2.21. The molecule has 0 bridgehead atoms. The van der Waals surface area contributed by atoms with Crippen molar-refractivity contribution in [2.45, 2.75) is 68.3 Å². The van der Waals surface area contributed by atoms with E-state index in [4.69, 9.17) is 14.2 Å². The average Bonchev–Trinajstić information content (AvgIpc) is 2.60. The van der Waals surface area contributed by atoms with E-state index in [-0.39, 0.29) is 0 Å². The van der Waals surface area contributed by atoms with Crippen LogP contribution < -0.4 is 5.32 Å². The van der Waals surface area contributed by atoms with Crippen molar-refractivity contribution < 1.29 is 54.8 Å². The van der Waals surface area contributed by atoms with Gasteiger partial charge in [-0.2, -0.15) is 0 Å². The molecule has 2 saturated heterocycles. The molecule has 0 aliphatic carbocycles. The Morgan fingerprint density at radius 3 is 2.04 bits per heavy atom. The summed E-state index contributed by atoms with van der Waals surface area (Å²) in [6.07, 6.45) is -13.7. The number of hydrogen-bond donors (Lipinski definition) is 8. The molecule has 0 aromatic rings. The molecule has 152 valence electrons. The standard InChI is InChI=1S/C14H25NO11/c1-4(18)15-7-12(9(20)6(3-17)24-13(7)23)26-14-11(22)10(21)8(19)5(2-16)25-14/h5-14,16-17,19-23H,2-3H2,1H3,(H,15,18)/t5?,6?,7-,8-,9+,10?,11-,12?,13?,14-/m0/s1. The summed E-state index contributed by atoms with van der Waals surface area (Å²) in [5, 5.41) is 70.7. The van der Waals surface area contributed by atoms with Gasteiger partial charge in [0, 0.05) is 6.92 Å². The number of aliphatic hydroxyl groups is 7. The first kappa shape index (κ1) is 21.4. The Kier molecular flexibility index (Phi) is 7.27. The molecule has 2 aliphatic rings. The minimum absolute atomic E-state index is 0.574. The van der Waals surface area contributed by atoms with Gasteiger partial charge in [0.1, 0.15) is 48.8 Å². The van der Waals surface area contributed by atoms with Crippen LogP contribution in [0.4, 0.5) is 0 Å². The van der Waals surface area contributed by atoms with Crippen LogP contribution in [0, 0.1) is 0 Å². The fraction of sp³-hybridized carbons (Fsp3) is 0.929. The van der Waals surface area contributed by atoms with Crippen molar-refractivity contribution in [1.82, 2.24) is 5.32 Å². The molecular formula is C14H25NO11. The van der Waals surface area contributed by atoms with Gasteiger partial charge in [-0.1, -0.05) is 0 Å². The molecule has 0 radical (unpaired) electrons. The third-order valence-electron chi connectivity index (χ3n) is 4.38. The summed E-state index contributed by atoms with van der Waals surface area (Å²) < 4.78 is 15.7. The van der Waals surface area contributed by atoms with Gasteiger partial charge < -0.3 is 55.3 Å². The summed E-state index contributed by atoms with van der Waals surface area (Å²) in [7, 11) is 0. The first-order valence-corrected chi connectivity index (χ1v) is 8.06. The van der Waals surface area contributed by atoms with E-state index in [1.807, 2.05) is 0 Å². The Hall–Kier alpha value is -0.930. The molecule has 12 heteroatoms. The number of ether oxygens (including phenoxy) is 3. The lowest BCUT2D eigenvalue weighted by Crippen LogP contribution is -2.67. The van der Waals surface area contributed by atoms with Crippen LogP contribution in [0.5, 0.6) is 0 Å². The van der Waals surface area contributed by atoms with E-state index in [1.165, 1.54) is 0 Å².